The summed E-state index contributed by atoms with van der Waals surface area (Å²) < 4.78 is 13.8. The van der Waals surface area contributed by atoms with Crippen LogP contribution >= 0.6 is 11.6 Å². The third-order valence-electron chi connectivity index (χ3n) is 3.80. The van der Waals surface area contributed by atoms with Gasteiger partial charge in [-0.3, -0.25) is 9.78 Å². The number of nitrogens with one attached hydrogen (secondary N) is 1. The Morgan fingerprint density at radius 1 is 1.16 bits per heavy atom. The highest BCUT2D eigenvalue weighted by Gasteiger charge is 2.14. The van der Waals surface area contributed by atoms with Gasteiger partial charge in [0.25, 0.3) is 5.91 Å². The molecule has 0 atom stereocenters. The molecule has 1 heterocycles. The number of pyridine rings is 1. The summed E-state index contributed by atoms with van der Waals surface area (Å²) in [5, 5.41) is 3.94. The molecule has 0 fully saturated rings. The minimum atomic E-state index is -0.425. The molecule has 1 amide bonds. The Bertz CT molecular complexity index is 972. The molecule has 4 nitrogen and oxygen atoms in total. The average molecular weight is 358 g/mol. The maximum absolute atomic E-state index is 13.8. The second kappa shape index (κ2) is 6.69. The predicted molar refractivity (Wildman–Crippen MR) is 100 cm³/mol. The first-order valence-corrected chi connectivity index (χ1v) is 8.07. The highest BCUT2D eigenvalue weighted by molar-refractivity contribution is 6.32. The largest absolute Gasteiger partial charge is 0.378 e. The molecule has 2 aromatic carbocycles. The van der Waals surface area contributed by atoms with Crippen molar-refractivity contribution in [2.24, 2.45) is 0 Å². The summed E-state index contributed by atoms with van der Waals surface area (Å²) >= 11 is 6.13. The predicted octanol–water partition coefficient (Wildman–Crippen LogP) is 4.65. The second-order valence-corrected chi connectivity index (χ2v) is 6.46. The maximum Gasteiger partial charge on any atom is 0.257 e. The standard InChI is InChI=1S/C19H17ClFN3O/c1-11-4-5-12-6-13(20)7-17(18(12)22-11)19(25)23-15-8-14(21)9-16(10-15)24(2)3/h4-10H,1-3H3,(H,23,25). The maximum atomic E-state index is 13.8. The number of amides is 1. The smallest absolute Gasteiger partial charge is 0.257 e. The molecule has 0 unspecified atom stereocenters. The van der Waals surface area contributed by atoms with Gasteiger partial charge in [-0.25, -0.2) is 4.39 Å². The van der Waals surface area contributed by atoms with Crippen molar-refractivity contribution in [3.8, 4) is 0 Å². The molecule has 3 aromatic rings. The van der Waals surface area contributed by atoms with Crippen LogP contribution in [0.4, 0.5) is 15.8 Å². The molecule has 0 bridgehead atoms. The van der Waals surface area contributed by atoms with Gasteiger partial charge < -0.3 is 10.2 Å². The van der Waals surface area contributed by atoms with Gasteiger partial charge in [0.15, 0.2) is 0 Å². The average Bonchev–Trinajstić information content (AvgIpc) is 2.53. The molecule has 0 saturated carbocycles. The van der Waals surface area contributed by atoms with E-state index in [-0.39, 0.29) is 5.91 Å². The van der Waals surface area contributed by atoms with E-state index in [1.807, 2.05) is 19.1 Å². The summed E-state index contributed by atoms with van der Waals surface area (Å²) in [4.78, 5) is 18.9. The molecule has 0 aliphatic rings. The molecule has 128 valence electrons. The van der Waals surface area contributed by atoms with Crippen LogP contribution in [-0.4, -0.2) is 25.0 Å². The number of hydrogen-bond acceptors (Lipinski definition) is 3. The first kappa shape index (κ1) is 17.2. The third kappa shape index (κ3) is 3.72. The van der Waals surface area contributed by atoms with Crippen LogP contribution in [0, 0.1) is 12.7 Å². The van der Waals surface area contributed by atoms with E-state index in [4.69, 9.17) is 11.6 Å². The summed E-state index contributed by atoms with van der Waals surface area (Å²) in [5.41, 5.74) is 2.73. The third-order valence-corrected chi connectivity index (χ3v) is 4.02. The summed E-state index contributed by atoms with van der Waals surface area (Å²) in [6.45, 7) is 1.85. The second-order valence-electron chi connectivity index (χ2n) is 6.02. The van der Waals surface area contributed by atoms with Gasteiger partial charge in [0, 0.05) is 41.6 Å². The Morgan fingerprint density at radius 3 is 2.64 bits per heavy atom. The number of nitrogens with zero attached hydrogens (tertiary/aromatic N) is 2. The van der Waals surface area contributed by atoms with Crippen LogP contribution in [0.3, 0.4) is 0 Å². The zero-order chi connectivity index (χ0) is 18.1. The van der Waals surface area contributed by atoms with Gasteiger partial charge >= 0.3 is 0 Å². The van der Waals surface area contributed by atoms with Gasteiger partial charge in [-0.1, -0.05) is 17.7 Å². The van der Waals surface area contributed by atoms with Crippen molar-refractivity contribution in [3.05, 3.63) is 64.6 Å². The van der Waals surface area contributed by atoms with Crippen LogP contribution in [0.2, 0.25) is 5.02 Å². The van der Waals surface area contributed by atoms with E-state index < -0.39 is 5.82 Å². The van der Waals surface area contributed by atoms with Gasteiger partial charge in [0.1, 0.15) is 5.82 Å². The van der Waals surface area contributed by atoms with Crippen LogP contribution in [0.25, 0.3) is 10.9 Å². The highest BCUT2D eigenvalue weighted by Crippen LogP contribution is 2.25. The van der Waals surface area contributed by atoms with Crippen molar-refractivity contribution in [1.29, 1.82) is 0 Å². The normalized spacial score (nSPS) is 10.8. The number of carbonyl (C=O) groups is 1. The first-order valence-electron chi connectivity index (χ1n) is 7.69. The van der Waals surface area contributed by atoms with Gasteiger partial charge in [-0.15, -0.1) is 0 Å². The fourth-order valence-corrected chi connectivity index (χ4v) is 2.80. The number of benzene rings is 2. The van der Waals surface area contributed by atoms with Crippen molar-refractivity contribution >= 4 is 39.8 Å². The number of anilines is 2. The van der Waals surface area contributed by atoms with E-state index in [1.165, 1.54) is 12.1 Å². The SMILES string of the molecule is Cc1ccc2cc(Cl)cc(C(=O)Nc3cc(F)cc(N(C)C)c3)c2n1. The number of carbonyl (C=O) groups excluding carboxylic acids is 1. The number of rotatable bonds is 3. The molecular weight excluding hydrogens is 341 g/mol. The van der Waals surface area contributed by atoms with Crippen LogP contribution < -0.4 is 10.2 Å². The van der Waals surface area contributed by atoms with Crippen molar-refractivity contribution < 1.29 is 9.18 Å². The van der Waals surface area contributed by atoms with Gasteiger partial charge in [0.05, 0.1) is 11.1 Å². The first-order chi connectivity index (χ1) is 11.8. The van der Waals surface area contributed by atoms with Crippen LogP contribution in [-0.2, 0) is 0 Å². The fourth-order valence-electron chi connectivity index (χ4n) is 2.57. The van der Waals surface area contributed by atoms with E-state index in [0.717, 1.165) is 11.1 Å². The summed E-state index contributed by atoms with van der Waals surface area (Å²) in [6.07, 6.45) is 0. The lowest BCUT2D eigenvalue weighted by Crippen LogP contribution is -2.15. The summed E-state index contributed by atoms with van der Waals surface area (Å²) in [6, 6.07) is 11.4. The lowest BCUT2D eigenvalue weighted by atomic mass is 10.1. The molecule has 0 radical (unpaired) electrons. The van der Waals surface area contributed by atoms with Gasteiger partial charge in [-0.05, 0) is 43.3 Å². The Kier molecular flexibility index (Phi) is 4.59. The van der Waals surface area contributed by atoms with Crippen molar-refractivity contribution in [2.45, 2.75) is 6.92 Å². The molecule has 0 aliphatic carbocycles. The molecule has 6 heteroatoms. The number of fused-ring (bicyclic) bond motifs is 1. The van der Waals surface area contributed by atoms with E-state index in [1.54, 1.807) is 37.2 Å². The minimum absolute atomic E-state index is 0.349. The fraction of sp³-hybridized carbons (Fsp3) is 0.158. The number of aromatic nitrogens is 1. The lowest BCUT2D eigenvalue weighted by molar-refractivity contribution is 0.102. The topological polar surface area (TPSA) is 45.2 Å². The monoisotopic (exact) mass is 357 g/mol. The number of aryl methyl sites for hydroxylation is 1. The molecule has 0 aliphatic heterocycles. The van der Waals surface area contributed by atoms with E-state index in [0.29, 0.717) is 27.5 Å². The Balaban J connectivity index is 2.02. The van der Waals surface area contributed by atoms with Crippen LogP contribution in [0.15, 0.2) is 42.5 Å². The Hall–Kier alpha value is -2.66. The quantitative estimate of drug-likeness (QED) is 0.741. The van der Waals surface area contributed by atoms with Crippen molar-refractivity contribution in [3.63, 3.8) is 0 Å². The van der Waals surface area contributed by atoms with E-state index >= 15 is 0 Å². The van der Waals surface area contributed by atoms with Crippen molar-refractivity contribution in [2.75, 3.05) is 24.3 Å². The molecular formula is C19H17ClFN3O. The lowest BCUT2D eigenvalue weighted by Gasteiger charge is -2.15. The van der Waals surface area contributed by atoms with Gasteiger partial charge in [-0.2, -0.15) is 0 Å². The highest BCUT2D eigenvalue weighted by atomic mass is 35.5. The zero-order valence-electron chi connectivity index (χ0n) is 14.1. The Morgan fingerprint density at radius 2 is 1.92 bits per heavy atom. The van der Waals surface area contributed by atoms with Crippen LogP contribution in [0.1, 0.15) is 16.1 Å². The number of hydrogen-bond donors (Lipinski definition) is 1. The molecule has 25 heavy (non-hydrogen) atoms. The van der Waals surface area contributed by atoms with E-state index in [9.17, 15) is 9.18 Å². The minimum Gasteiger partial charge on any atom is -0.378 e. The molecule has 3 rings (SSSR count). The summed E-state index contributed by atoms with van der Waals surface area (Å²) in [5.74, 6) is -0.813. The molecule has 1 N–H and O–H groups in total. The number of halogens is 2. The zero-order valence-corrected chi connectivity index (χ0v) is 14.9. The summed E-state index contributed by atoms with van der Waals surface area (Å²) in [7, 11) is 3.61. The van der Waals surface area contributed by atoms with Gasteiger partial charge in [0.2, 0.25) is 0 Å². The molecule has 0 saturated heterocycles. The van der Waals surface area contributed by atoms with Crippen molar-refractivity contribution in [1.82, 2.24) is 4.98 Å². The Labute approximate surface area is 150 Å². The molecule has 1 aromatic heterocycles. The van der Waals surface area contributed by atoms with Crippen LogP contribution in [0.5, 0.6) is 0 Å². The molecule has 0 spiro atoms. The van der Waals surface area contributed by atoms with E-state index in [2.05, 4.69) is 10.3 Å².